The summed E-state index contributed by atoms with van der Waals surface area (Å²) in [6.45, 7) is 0. The second-order valence-corrected chi connectivity index (χ2v) is 5.93. The Morgan fingerprint density at radius 2 is 1.66 bits per heavy atom. The summed E-state index contributed by atoms with van der Waals surface area (Å²) in [5, 5.41) is 15.3. The van der Waals surface area contributed by atoms with Crippen molar-refractivity contribution in [2.75, 3.05) is 39.1 Å². The van der Waals surface area contributed by atoms with E-state index < -0.39 is 5.91 Å². The molecule has 9 heteroatoms. The van der Waals surface area contributed by atoms with Gasteiger partial charge in [0.25, 0.3) is 5.91 Å². The number of anilines is 2. The highest BCUT2D eigenvalue weighted by atomic mass is 35.5. The predicted octanol–water partition coefficient (Wildman–Crippen LogP) is 3.83. The van der Waals surface area contributed by atoms with Crippen LogP contribution in [0.15, 0.2) is 42.1 Å². The zero-order valence-corrected chi connectivity index (χ0v) is 17.1. The van der Waals surface area contributed by atoms with Crippen LogP contribution in [0.25, 0.3) is 0 Å². The van der Waals surface area contributed by atoms with Gasteiger partial charge < -0.3 is 29.6 Å². The zero-order valence-electron chi connectivity index (χ0n) is 16.3. The Morgan fingerprint density at radius 3 is 2.24 bits per heavy atom. The Kier molecular flexibility index (Phi) is 7.57. The van der Waals surface area contributed by atoms with Gasteiger partial charge in [0, 0.05) is 24.4 Å². The summed E-state index contributed by atoms with van der Waals surface area (Å²) in [5.41, 5.74) is 0.655. The molecular weight excluding hydrogens is 398 g/mol. The minimum atomic E-state index is -0.633. The van der Waals surface area contributed by atoms with Gasteiger partial charge in [0.1, 0.15) is 34.6 Å². The summed E-state index contributed by atoms with van der Waals surface area (Å²) in [7, 11) is 5.93. The summed E-state index contributed by atoms with van der Waals surface area (Å²) in [6, 6.07) is 9.93. The number of carbonyl (C=O) groups is 1. The molecule has 2 rings (SSSR count). The molecule has 2 N–H and O–H groups in total. The zero-order chi connectivity index (χ0) is 21.4. The van der Waals surface area contributed by atoms with Crippen molar-refractivity contribution in [2.45, 2.75) is 0 Å². The number of ether oxygens (including phenoxy) is 4. The minimum absolute atomic E-state index is 0.175. The first-order valence-corrected chi connectivity index (χ1v) is 8.66. The maximum absolute atomic E-state index is 12.5. The molecule has 0 radical (unpaired) electrons. The van der Waals surface area contributed by atoms with Crippen LogP contribution in [0.1, 0.15) is 0 Å². The van der Waals surface area contributed by atoms with Gasteiger partial charge in [-0.2, -0.15) is 5.26 Å². The van der Waals surface area contributed by atoms with E-state index in [0.29, 0.717) is 39.4 Å². The summed E-state index contributed by atoms with van der Waals surface area (Å²) in [6.07, 6.45) is 1.26. The first-order chi connectivity index (χ1) is 14.0. The predicted molar refractivity (Wildman–Crippen MR) is 110 cm³/mol. The van der Waals surface area contributed by atoms with Crippen molar-refractivity contribution < 1.29 is 23.7 Å². The van der Waals surface area contributed by atoms with Gasteiger partial charge >= 0.3 is 0 Å². The lowest BCUT2D eigenvalue weighted by Crippen LogP contribution is -2.15. The molecule has 0 heterocycles. The highest BCUT2D eigenvalue weighted by molar-refractivity contribution is 6.32. The maximum atomic E-state index is 12.5. The van der Waals surface area contributed by atoms with Crippen LogP contribution in [-0.4, -0.2) is 34.3 Å². The van der Waals surface area contributed by atoms with Gasteiger partial charge in [0.2, 0.25) is 0 Å². The molecule has 0 spiro atoms. The van der Waals surface area contributed by atoms with Crippen LogP contribution >= 0.6 is 11.6 Å². The number of hydrogen-bond acceptors (Lipinski definition) is 7. The van der Waals surface area contributed by atoms with Crippen molar-refractivity contribution in [1.29, 1.82) is 5.26 Å². The van der Waals surface area contributed by atoms with E-state index >= 15 is 0 Å². The Labute approximate surface area is 173 Å². The van der Waals surface area contributed by atoms with Crippen LogP contribution in [-0.2, 0) is 4.79 Å². The summed E-state index contributed by atoms with van der Waals surface area (Å²) in [4.78, 5) is 12.5. The molecule has 0 aliphatic rings. The third kappa shape index (κ3) is 5.24. The fourth-order valence-electron chi connectivity index (χ4n) is 2.37. The number of carbonyl (C=O) groups excluding carboxylic acids is 1. The van der Waals surface area contributed by atoms with Gasteiger partial charge in [0.15, 0.2) is 0 Å². The molecule has 8 nitrogen and oxygen atoms in total. The average Bonchev–Trinajstić information content (AvgIpc) is 2.74. The molecule has 0 saturated carbocycles. The van der Waals surface area contributed by atoms with E-state index in [1.54, 1.807) is 30.3 Å². The molecule has 0 bridgehead atoms. The van der Waals surface area contributed by atoms with E-state index in [-0.39, 0.29) is 5.57 Å². The summed E-state index contributed by atoms with van der Waals surface area (Å²) in [5.74, 6) is 1.14. The number of methoxy groups -OCH3 is 4. The van der Waals surface area contributed by atoms with Gasteiger partial charge in [-0.05, 0) is 12.1 Å². The summed E-state index contributed by atoms with van der Waals surface area (Å²) < 4.78 is 20.8. The maximum Gasteiger partial charge on any atom is 0.267 e. The van der Waals surface area contributed by atoms with Crippen LogP contribution in [0.2, 0.25) is 5.02 Å². The fraction of sp³-hybridized carbons (Fsp3) is 0.200. The van der Waals surface area contributed by atoms with Crippen molar-refractivity contribution in [1.82, 2.24) is 0 Å². The quantitative estimate of drug-likeness (QED) is 0.497. The topological polar surface area (TPSA) is 102 Å². The first kappa shape index (κ1) is 21.7. The SMILES string of the molecule is COc1ccc(OC)c(NC(=O)/C(C#N)=C\Nc2cc(OC)c(Cl)cc2OC)c1. The fourth-order valence-corrected chi connectivity index (χ4v) is 2.60. The lowest BCUT2D eigenvalue weighted by atomic mass is 10.2. The minimum Gasteiger partial charge on any atom is -0.497 e. The molecule has 1 amide bonds. The van der Waals surface area contributed by atoms with Crippen molar-refractivity contribution in [3.8, 4) is 29.1 Å². The van der Waals surface area contributed by atoms with Gasteiger partial charge in [-0.15, -0.1) is 0 Å². The third-order valence-corrected chi connectivity index (χ3v) is 4.16. The molecule has 0 saturated heterocycles. The van der Waals surface area contributed by atoms with E-state index in [4.69, 9.17) is 30.5 Å². The molecular formula is C20H20ClN3O5. The number of nitrogens with one attached hydrogen (secondary N) is 2. The van der Waals surface area contributed by atoms with E-state index in [1.807, 2.05) is 6.07 Å². The van der Waals surface area contributed by atoms with Crippen LogP contribution in [0, 0.1) is 11.3 Å². The molecule has 0 fully saturated rings. The standard InChI is InChI=1S/C20H20ClN3O5/c1-26-13-5-6-17(27-2)16(7-13)24-20(25)12(10-22)11-23-15-9-18(28-3)14(21)8-19(15)29-4/h5-9,11,23H,1-4H3,(H,24,25)/b12-11-. The van der Waals surface area contributed by atoms with Crippen molar-refractivity contribution in [3.05, 3.63) is 47.1 Å². The second-order valence-electron chi connectivity index (χ2n) is 5.52. The van der Waals surface area contributed by atoms with Gasteiger partial charge in [0.05, 0.1) is 44.8 Å². The van der Waals surface area contributed by atoms with Gasteiger partial charge in [-0.25, -0.2) is 0 Å². The number of rotatable bonds is 8. The molecule has 152 valence electrons. The molecule has 0 unspecified atom stereocenters. The van der Waals surface area contributed by atoms with Crippen LogP contribution in [0.5, 0.6) is 23.0 Å². The van der Waals surface area contributed by atoms with Crippen LogP contribution in [0.4, 0.5) is 11.4 Å². The van der Waals surface area contributed by atoms with E-state index in [9.17, 15) is 10.1 Å². The van der Waals surface area contributed by atoms with E-state index in [2.05, 4.69) is 10.6 Å². The number of nitrogens with zero attached hydrogens (tertiary/aromatic N) is 1. The first-order valence-electron chi connectivity index (χ1n) is 8.29. The van der Waals surface area contributed by atoms with Crippen LogP contribution < -0.4 is 29.6 Å². The van der Waals surface area contributed by atoms with E-state index in [0.717, 1.165) is 0 Å². The highest BCUT2D eigenvalue weighted by Crippen LogP contribution is 2.36. The third-order valence-electron chi connectivity index (χ3n) is 3.87. The lowest BCUT2D eigenvalue weighted by Gasteiger charge is -2.13. The molecule has 0 aliphatic heterocycles. The molecule has 2 aromatic carbocycles. The molecule has 0 atom stereocenters. The summed E-state index contributed by atoms with van der Waals surface area (Å²) >= 11 is 6.08. The van der Waals surface area contributed by atoms with Gasteiger partial charge in [-0.3, -0.25) is 4.79 Å². The normalized spacial score (nSPS) is 10.6. The largest absolute Gasteiger partial charge is 0.497 e. The molecule has 29 heavy (non-hydrogen) atoms. The van der Waals surface area contributed by atoms with E-state index in [1.165, 1.54) is 34.6 Å². The second kappa shape index (κ2) is 10.1. The monoisotopic (exact) mass is 417 g/mol. The Hall–Kier alpha value is -3.57. The number of hydrogen-bond donors (Lipinski definition) is 2. The average molecular weight is 418 g/mol. The van der Waals surface area contributed by atoms with Crippen molar-refractivity contribution in [3.63, 3.8) is 0 Å². The number of nitriles is 1. The highest BCUT2D eigenvalue weighted by Gasteiger charge is 2.15. The Morgan fingerprint density at radius 1 is 0.966 bits per heavy atom. The Bertz CT molecular complexity index is 969. The van der Waals surface area contributed by atoms with Gasteiger partial charge in [-0.1, -0.05) is 11.6 Å². The number of amides is 1. The van der Waals surface area contributed by atoms with Crippen molar-refractivity contribution >= 4 is 28.9 Å². The Balaban J connectivity index is 2.27. The number of halogens is 1. The molecule has 0 aromatic heterocycles. The smallest absolute Gasteiger partial charge is 0.267 e. The lowest BCUT2D eigenvalue weighted by molar-refractivity contribution is -0.112. The number of benzene rings is 2. The van der Waals surface area contributed by atoms with Crippen LogP contribution in [0.3, 0.4) is 0 Å². The molecule has 0 aliphatic carbocycles. The van der Waals surface area contributed by atoms with Crippen molar-refractivity contribution in [2.24, 2.45) is 0 Å². The molecule has 2 aromatic rings.